The molecule has 8 heteroatoms. The molecule has 3 heterocycles. The number of likely N-dealkylation sites (tertiary alicyclic amines) is 1. The average Bonchev–Trinajstić information content (AvgIpc) is 3.12. The van der Waals surface area contributed by atoms with E-state index in [1.165, 1.54) is 16.5 Å². The lowest BCUT2D eigenvalue weighted by molar-refractivity contribution is -0.133. The van der Waals surface area contributed by atoms with Crippen LogP contribution in [0.1, 0.15) is 24.3 Å². The molecule has 0 bridgehead atoms. The van der Waals surface area contributed by atoms with Crippen molar-refractivity contribution in [1.29, 1.82) is 0 Å². The molecule has 3 aromatic rings. The van der Waals surface area contributed by atoms with Crippen molar-refractivity contribution in [3.05, 3.63) is 63.1 Å². The molecule has 1 amide bonds. The van der Waals surface area contributed by atoms with Crippen LogP contribution in [-0.2, 0) is 25.4 Å². The predicted molar refractivity (Wildman–Crippen MR) is 105 cm³/mol. The zero-order valence-electron chi connectivity index (χ0n) is 16.0. The molecule has 0 atom stereocenters. The van der Waals surface area contributed by atoms with Gasteiger partial charge < -0.3 is 9.47 Å². The van der Waals surface area contributed by atoms with Crippen molar-refractivity contribution in [2.24, 2.45) is 14.1 Å². The lowest BCUT2D eigenvalue weighted by Gasteiger charge is -2.32. The first kappa shape index (κ1) is 18.2. The van der Waals surface area contributed by atoms with E-state index >= 15 is 0 Å². The van der Waals surface area contributed by atoms with Gasteiger partial charge in [0, 0.05) is 27.2 Å². The standard InChI is InChI=1S/C20H23N5O3/c1-22-13-21-18-17(22)19(27)25(20(28)23(18)2)12-16(26)24-10-8-15(9-11-24)14-6-4-3-5-7-14/h3-7,13,15H,8-12H2,1-2H3. The lowest BCUT2D eigenvalue weighted by atomic mass is 9.89. The van der Waals surface area contributed by atoms with Crippen LogP contribution in [0.15, 0.2) is 46.2 Å². The van der Waals surface area contributed by atoms with Gasteiger partial charge in [-0.3, -0.25) is 14.2 Å². The molecule has 0 unspecified atom stereocenters. The molecule has 146 valence electrons. The van der Waals surface area contributed by atoms with Crippen LogP contribution in [0.3, 0.4) is 0 Å². The molecule has 1 aromatic carbocycles. The third-order valence-corrected chi connectivity index (χ3v) is 5.61. The number of nitrogens with zero attached hydrogens (tertiary/aromatic N) is 5. The normalized spacial score (nSPS) is 15.3. The summed E-state index contributed by atoms with van der Waals surface area (Å²) in [7, 11) is 3.26. The highest BCUT2D eigenvalue weighted by Gasteiger charge is 2.25. The first-order chi connectivity index (χ1) is 13.5. The molecule has 8 nitrogen and oxygen atoms in total. The number of hydrogen-bond donors (Lipinski definition) is 0. The second-order valence-electron chi connectivity index (χ2n) is 7.33. The minimum Gasteiger partial charge on any atom is -0.341 e. The SMILES string of the molecule is Cn1cnc2c1c(=O)n(CC(=O)N1CCC(c3ccccc3)CC1)c(=O)n2C. The number of piperidine rings is 1. The third-order valence-electron chi connectivity index (χ3n) is 5.61. The van der Waals surface area contributed by atoms with E-state index in [1.807, 2.05) is 18.2 Å². The Balaban J connectivity index is 1.53. The molecule has 0 saturated carbocycles. The summed E-state index contributed by atoms with van der Waals surface area (Å²) >= 11 is 0. The fourth-order valence-electron chi connectivity index (χ4n) is 3.96. The van der Waals surface area contributed by atoms with E-state index in [0.29, 0.717) is 30.2 Å². The maximum absolute atomic E-state index is 12.8. The first-order valence-electron chi connectivity index (χ1n) is 9.41. The molecule has 0 spiro atoms. The van der Waals surface area contributed by atoms with E-state index in [4.69, 9.17) is 0 Å². The van der Waals surface area contributed by atoms with Crippen molar-refractivity contribution >= 4 is 17.1 Å². The van der Waals surface area contributed by atoms with Crippen LogP contribution in [0, 0.1) is 0 Å². The van der Waals surface area contributed by atoms with E-state index in [-0.39, 0.29) is 12.5 Å². The van der Waals surface area contributed by atoms with Gasteiger partial charge >= 0.3 is 5.69 Å². The Morgan fingerprint density at radius 2 is 1.79 bits per heavy atom. The summed E-state index contributed by atoms with van der Waals surface area (Å²) in [6, 6.07) is 10.3. The summed E-state index contributed by atoms with van der Waals surface area (Å²) in [5.41, 5.74) is 0.929. The topological polar surface area (TPSA) is 82.1 Å². The molecule has 28 heavy (non-hydrogen) atoms. The molecule has 1 aliphatic rings. The Hall–Kier alpha value is -3.16. The Morgan fingerprint density at radius 1 is 1.11 bits per heavy atom. The quantitative estimate of drug-likeness (QED) is 0.673. The molecule has 0 aliphatic carbocycles. The van der Waals surface area contributed by atoms with Crippen molar-refractivity contribution in [3.63, 3.8) is 0 Å². The Bertz CT molecular complexity index is 1130. The molecule has 0 N–H and O–H groups in total. The fourth-order valence-corrected chi connectivity index (χ4v) is 3.96. The van der Waals surface area contributed by atoms with Gasteiger partial charge in [0.25, 0.3) is 5.56 Å². The second-order valence-corrected chi connectivity index (χ2v) is 7.33. The van der Waals surface area contributed by atoms with Gasteiger partial charge in [-0.25, -0.2) is 14.3 Å². The summed E-state index contributed by atoms with van der Waals surface area (Å²) in [6.07, 6.45) is 3.25. The van der Waals surface area contributed by atoms with Crippen LogP contribution in [0.25, 0.3) is 11.2 Å². The van der Waals surface area contributed by atoms with Crippen LogP contribution in [0.4, 0.5) is 0 Å². The van der Waals surface area contributed by atoms with Gasteiger partial charge in [0.1, 0.15) is 6.54 Å². The summed E-state index contributed by atoms with van der Waals surface area (Å²) in [4.78, 5) is 44.0. The molecule has 1 saturated heterocycles. The maximum atomic E-state index is 12.8. The zero-order valence-corrected chi connectivity index (χ0v) is 16.0. The van der Waals surface area contributed by atoms with Crippen molar-refractivity contribution in [1.82, 2.24) is 23.6 Å². The van der Waals surface area contributed by atoms with E-state index in [0.717, 1.165) is 17.4 Å². The molecular formula is C20H23N5O3. The highest BCUT2D eigenvalue weighted by molar-refractivity contribution is 5.77. The van der Waals surface area contributed by atoms with Crippen molar-refractivity contribution in [3.8, 4) is 0 Å². The maximum Gasteiger partial charge on any atom is 0.332 e. The zero-order chi connectivity index (χ0) is 19.8. The number of fused-ring (bicyclic) bond motifs is 1. The van der Waals surface area contributed by atoms with Gasteiger partial charge in [-0.2, -0.15) is 0 Å². The number of carbonyl (C=O) groups excluding carboxylic acids is 1. The highest BCUT2D eigenvalue weighted by atomic mass is 16.2. The minimum absolute atomic E-state index is 0.202. The van der Waals surface area contributed by atoms with Crippen LogP contribution in [-0.4, -0.2) is 42.6 Å². The minimum atomic E-state index is -0.524. The molecule has 2 aromatic heterocycles. The molecule has 1 aliphatic heterocycles. The lowest BCUT2D eigenvalue weighted by Crippen LogP contribution is -2.46. The van der Waals surface area contributed by atoms with Crippen molar-refractivity contribution in [2.45, 2.75) is 25.3 Å². The van der Waals surface area contributed by atoms with Crippen LogP contribution >= 0.6 is 0 Å². The van der Waals surface area contributed by atoms with Gasteiger partial charge in [-0.05, 0) is 24.3 Å². The molecule has 0 radical (unpaired) electrons. The molecule has 4 rings (SSSR count). The predicted octanol–water partition coefficient (Wildman–Crippen LogP) is 0.840. The summed E-state index contributed by atoms with van der Waals surface area (Å²) < 4.78 is 3.89. The number of benzene rings is 1. The number of carbonyl (C=O) groups is 1. The Kier molecular flexibility index (Phi) is 4.62. The molecular weight excluding hydrogens is 358 g/mol. The van der Waals surface area contributed by atoms with E-state index < -0.39 is 11.2 Å². The third kappa shape index (κ3) is 3.04. The number of aryl methyl sites for hydroxylation is 2. The van der Waals surface area contributed by atoms with E-state index in [9.17, 15) is 14.4 Å². The fraction of sp³-hybridized carbons (Fsp3) is 0.400. The smallest absolute Gasteiger partial charge is 0.332 e. The van der Waals surface area contributed by atoms with Crippen LogP contribution in [0.5, 0.6) is 0 Å². The van der Waals surface area contributed by atoms with E-state index in [2.05, 4.69) is 17.1 Å². The van der Waals surface area contributed by atoms with Crippen molar-refractivity contribution in [2.75, 3.05) is 13.1 Å². The summed E-state index contributed by atoms with van der Waals surface area (Å²) in [5, 5.41) is 0. The monoisotopic (exact) mass is 381 g/mol. The highest BCUT2D eigenvalue weighted by Crippen LogP contribution is 2.27. The van der Waals surface area contributed by atoms with Gasteiger partial charge in [-0.1, -0.05) is 30.3 Å². The summed E-state index contributed by atoms with van der Waals surface area (Å²) in [5.74, 6) is 0.235. The second kappa shape index (κ2) is 7.10. The molecule has 1 fully saturated rings. The van der Waals surface area contributed by atoms with E-state index in [1.54, 1.807) is 23.6 Å². The largest absolute Gasteiger partial charge is 0.341 e. The number of aromatic nitrogens is 4. The van der Waals surface area contributed by atoms with Crippen molar-refractivity contribution < 1.29 is 4.79 Å². The first-order valence-corrected chi connectivity index (χ1v) is 9.41. The van der Waals surface area contributed by atoms with Crippen LogP contribution in [0.2, 0.25) is 0 Å². The number of hydrogen-bond acceptors (Lipinski definition) is 4. The number of rotatable bonds is 3. The Labute approximate surface area is 161 Å². The average molecular weight is 381 g/mol. The van der Waals surface area contributed by atoms with Gasteiger partial charge in [-0.15, -0.1) is 0 Å². The van der Waals surface area contributed by atoms with Gasteiger partial charge in [0.05, 0.1) is 6.33 Å². The number of imidazole rings is 1. The summed E-state index contributed by atoms with van der Waals surface area (Å²) in [6.45, 7) is 1.01. The number of amides is 1. The van der Waals surface area contributed by atoms with Crippen LogP contribution < -0.4 is 11.2 Å². The Morgan fingerprint density at radius 3 is 2.46 bits per heavy atom. The van der Waals surface area contributed by atoms with Gasteiger partial charge in [0.2, 0.25) is 5.91 Å². The van der Waals surface area contributed by atoms with Gasteiger partial charge in [0.15, 0.2) is 11.2 Å².